The highest BCUT2D eigenvalue weighted by Gasteiger charge is 2.24. The Hall–Kier alpha value is -1.26. The summed E-state index contributed by atoms with van der Waals surface area (Å²) in [7, 11) is 0. The summed E-state index contributed by atoms with van der Waals surface area (Å²) in [5, 5.41) is 9.67. The van der Waals surface area contributed by atoms with Crippen LogP contribution < -0.4 is 4.74 Å². The van der Waals surface area contributed by atoms with Gasteiger partial charge in [-0.2, -0.15) is 0 Å². The summed E-state index contributed by atoms with van der Waals surface area (Å²) in [6, 6.07) is 7.29. The fourth-order valence-corrected chi connectivity index (χ4v) is 2.49. The Balaban J connectivity index is 1.75. The molecule has 2 rings (SSSR count). The van der Waals surface area contributed by atoms with Crippen LogP contribution in [0.15, 0.2) is 24.3 Å². The maximum atomic E-state index is 11.0. The number of aliphatic carboxylic acids is 1. The molecular weight excluding hydrogens is 266 g/mol. The van der Waals surface area contributed by atoms with Crippen LogP contribution in [0.3, 0.4) is 0 Å². The predicted octanol–water partition coefficient (Wildman–Crippen LogP) is 2.52. The summed E-state index contributed by atoms with van der Waals surface area (Å²) in [5.74, 6) is -0.181. The van der Waals surface area contributed by atoms with Crippen molar-refractivity contribution in [2.75, 3.05) is 26.2 Å². The Morgan fingerprint density at radius 2 is 2.37 bits per heavy atom. The van der Waals surface area contributed by atoms with E-state index in [-0.39, 0.29) is 5.92 Å². The highest BCUT2D eigenvalue weighted by molar-refractivity contribution is 6.30. The van der Waals surface area contributed by atoms with E-state index in [4.69, 9.17) is 21.4 Å². The Bertz CT molecular complexity index is 438. The van der Waals surface area contributed by atoms with E-state index >= 15 is 0 Å². The minimum atomic E-state index is -0.694. The minimum absolute atomic E-state index is 0.236. The summed E-state index contributed by atoms with van der Waals surface area (Å²) in [6.07, 6.45) is 1.72. The van der Waals surface area contributed by atoms with Gasteiger partial charge >= 0.3 is 5.97 Å². The number of halogens is 1. The number of ether oxygens (including phenoxy) is 1. The molecule has 1 saturated heterocycles. The van der Waals surface area contributed by atoms with Gasteiger partial charge in [0.05, 0.1) is 5.92 Å². The van der Waals surface area contributed by atoms with Gasteiger partial charge in [-0.25, -0.2) is 0 Å². The van der Waals surface area contributed by atoms with Gasteiger partial charge in [0, 0.05) is 18.1 Å². The van der Waals surface area contributed by atoms with Crippen molar-refractivity contribution in [3.8, 4) is 5.75 Å². The number of carboxylic acid groups (broad SMARTS) is 1. The van der Waals surface area contributed by atoms with Gasteiger partial charge in [0.1, 0.15) is 12.4 Å². The van der Waals surface area contributed by atoms with Gasteiger partial charge in [0.2, 0.25) is 0 Å². The van der Waals surface area contributed by atoms with Crippen LogP contribution in [0.1, 0.15) is 12.8 Å². The smallest absolute Gasteiger partial charge is 0.307 e. The Morgan fingerprint density at radius 3 is 3.11 bits per heavy atom. The van der Waals surface area contributed by atoms with Crippen LogP contribution in [-0.2, 0) is 4.79 Å². The number of carboxylic acids is 1. The topological polar surface area (TPSA) is 49.8 Å². The molecule has 0 bridgehead atoms. The lowest BCUT2D eigenvalue weighted by Gasteiger charge is -2.30. The second kappa shape index (κ2) is 6.78. The number of benzene rings is 1. The lowest BCUT2D eigenvalue weighted by Crippen LogP contribution is -2.40. The molecule has 0 aromatic heterocycles. The molecule has 0 spiro atoms. The molecule has 0 saturated carbocycles. The average Bonchev–Trinajstić information content (AvgIpc) is 2.39. The maximum Gasteiger partial charge on any atom is 0.307 e. The van der Waals surface area contributed by atoms with Gasteiger partial charge in [-0.3, -0.25) is 9.69 Å². The molecule has 0 amide bonds. The first-order valence-electron chi connectivity index (χ1n) is 6.48. The summed E-state index contributed by atoms with van der Waals surface area (Å²) in [4.78, 5) is 13.1. The molecule has 1 aliphatic heterocycles. The highest BCUT2D eigenvalue weighted by atomic mass is 35.5. The van der Waals surface area contributed by atoms with Crippen LogP contribution in [-0.4, -0.2) is 42.2 Å². The summed E-state index contributed by atoms with van der Waals surface area (Å²) >= 11 is 5.87. The van der Waals surface area contributed by atoms with Crippen molar-refractivity contribution < 1.29 is 14.6 Å². The SMILES string of the molecule is O=C(O)[C@@H]1CCCN(CCOc2cccc(Cl)c2)C1. The van der Waals surface area contributed by atoms with E-state index in [9.17, 15) is 4.79 Å². The first-order valence-corrected chi connectivity index (χ1v) is 6.86. The third-order valence-electron chi connectivity index (χ3n) is 3.33. The summed E-state index contributed by atoms with van der Waals surface area (Å²) < 4.78 is 5.61. The summed E-state index contributed by atoms with van der Waals surface area (Å²) in [5.41, 5.74) is 0. The molecule has 1 fully saturated rings. The molecule has 1 heterocycles. The molecule has 0 unspecified atom stereocenters. The van der Waals surface area contributed by atoms with Crippen LogP contribution >= 0.6 is 11.6 Å². The molecule has 1 aromatic carbocycles. The number of carbonyl (C=O) groups is 1. The monoisotopic (exact) mass is 283 g/mol. The second-order valence-corrected chi connectivity index (χ2v) is 5.22. The zero-order valence-electron chi connectivity index (χ0n) is 10.7. The van der Waals surface area contributed by atoms with Crippen molar-refractivity contribution in [1.82, 2.24) is 4.90 Å². The minimum Gasteiger partial charge on any atom is -0.492 e. The second-order valence-electron chi connectivity index (χ2n) is 4.78. The first-order chi connectivity index (χ1) is 9.15. The molecular formula is C14H18ClNO3. The van der Waals surface area contributed by atoms with E-state index in [0.29, 0.717) is 18.2 Å². The average molecular weight is 284 g/mol. The molecule has 1 atom stereocenters. The fourth-order valence-electron chi connectivity index (χ4n) is 2.31. The van der Waals surface area contributed by atoms with Crippen molar-refractivity contribution in [3.05, 3.63) is 29.3 Å². The van der Waals surface area contributed by atoms with Gasteiger partial charge in [-0.15, -0.1) is 0 Å². The van der Waals surface area contributed by atoms with Crippen molar-refractivity contribution in [2.24, 2.45) is 5.92 Å². The molecule has 5 heteroatoms. The largest absolute Gasteiger partial charge is 0.492 e. The Morgan fingerprint density at radius 1 is 1.53 bits per heavy atom. The van der Waals surface area contributed by atoms with Gasteiger partial charge in [0.25, 0.3) is 0 Å². The van der Waals surface area contributed by atoms with E-state index in [1.54, 1.807) is 12.1 Å². The lowest BCUT2D eigenvalue weighted by atomic mass is 9.98. The van der Waals surface area contributed by atoms with Crippen LogP contribution in [0.25, 0.3) is 0 Å². The molecule has 0 aliphatic carbocycles. The zero-order valence-corrected chi connectivity index (χ0v) is 11.5. The number of piperidine rings is 1. The normalized spacial score (nSPS) is 20.2. The summed E-state index contributed by atoms with van der Waals surface area (Å²) in [6.45, 7) is 2.86. The maximum absolute atomic E-state index is 11.0. The molecule has 1 N–H and O–H groups in total. The van der Waals surface area contributed by atoms with Gasteiger partial charge < -0.3 is 9.84 Å². The number of rotatable bonds is 5. The molecule has 1 aromatic rings. The van der Waals surface area contributed by atoms with Crippen LogP contribution in [0.2, 0.25) is 5.02 Å². The van der Waals surface area contributed by atoms with Crippen molar-refractivity contribution in [3.63, 3.8) is 0 Å². The van der Waals surface area contributed by atoms with E-state index in [0.717, 1.165) is 31.7 Å². The highest BCUT2D eigenvalue weighted by Crippen LogP contribution is 2.18. The third-order valence-corrected chi connectivity index (χ3v) is 3.56. The van der Waals surface area contributed by atoms with Crippen LogP contribution in [0.4, 0.5) is 0 Å². The number of likely N-dealkylation sites (tertiary alicyclic amines) is 1. The van der Waals surface area contributed by atoms with E-state index in [1.807, 2.05) is 12.1 Å². The molecule has 1 aliphatic rings. The van der Waals surface area contributed by atoms with Gasteiger partial charge in [0.15, 0.2) is 0 Å². The van der Waals surface area contributed by atoms with E-state index in [2.05, 4.69) is 4.90 Å². The number of hydrogen-bond acceptors (Lipinski definition) is 3. The predicted molar refractivity (Wildman–Crippen MR) is 73.7 cm³/mol. The Labute approximate surface area is 117 Å². The first kappa shape index (κ1) is 14.2. The van der Waals surface area contributed by atoms with Crippen molar-refractivity contribution in [2.45, 2.75) is 12.8 Å². The fraction of sp³-hybridized carbons (Fsp3) is 0.500. The van der Waals surface area contributed by atoms with Crippen LogP contribution in [0, 0.1) is 5.92 Å². The van der Waals surface area contributed by atoms with E-state index < -0.39 is 5.97 Å². The van der Waals surface area contributed by atoms with Gasteiger partial charge in [-0.1, -0.05) is 17.7 Å². The molecule has 0 radical (unpaired) electrons. The Kier molecular flexibility index (Phi) is 5.05. The number of nitrogens with zero attached hydrogens (tertiary/aromatic N) is 1. The number of hydrogen-bond donors (Lipinski definition) is 1. The van der Waals surface area contributed by atoms with E-state index in [1.165, 1.54) is 0 Å². The lowest BCUT2D eigenvalue weighted by molar-refractivity contribution is -0.143. The van der Waals surface area contributed by atoms with Crippen molar-refractivity contribution >= 4 is 17.6 Å². The molecule has 4 nitrogen and oxygen atoms in total. The van der Waals surface area contributed by atoms with Gasteiger partial charge in [-0.05, 0) is 37.6 Å². The molecule has 104 valence electrons. The standard InChI is InChI=1S/C14H18ClNO3/c15-12-4-1-5-13(9-12)19-8-7-16-6-2-3-11(10-16)14(17)18/h1,4-5,9,11H,2-3,6-8,10H2,(H,17,18)/t11-/m1/s1. The van der Waals surface area contributed by atoms with Crippen molar-refractivity contribution in [1.29, 1.82) is 0 Å². The quantitative estimate of drug-likeness (QED) is 0.902. The third kappa shape index (κ3) is 4.40. The zero-order chi connectivity index (χ0) is 13.7. The molecule has 19 heavy (non-hydrogen) atoms. The van der Waals surface area contributed by atoms with Crippen LogP contribution in [0.5, 0.6) is 5.75 Å².